The highest BCUT2D eigenvalue weighted by Crippen LogP contribution is 2.44. The van der Waals surface area contributed by atoms with E-state index in [9.17, 15) is 4.79 Å². The summed E-state index contributed by atoms with van der Waals surface area (Å²) >= 11 is 1.53. The number of hydrogen-bond donors (Lipinski definition) is 2. The molecule has 2 heterocycles. The van der Waals surface area contributed by atoms with E-state index in [1.54, 1.807) is 0 Å². The van der Waals surface area contributed by atoms with Crippen LogP contribution in [0.5, 0.6) is 0 Å². The number of aryl methyl sites for hydroxylation is 1. The first kappa shape index (κ1) is 20.1. The fourth-order valence-corrected chi connectivity index (χ4v) is 5.83. The van der Waals surface area contributed by atoms with Crippen LogP contribution < -0.4 is 10.7 Å². The number of rotatable bonds is 4. The molecule has 2 aliphatic rings. The average molecular weight is 434 g/mol. The third-order valence-electron chi connectivity index (χ3n) is 6.34. The number of fused-ring (bicyclic) bond motifs is 1. The molecular formula is C24H27N5OS. The van der Waals surface area contributed by atoms with Gasteiger partial charge in [0.05, 0.1) is 5.54 Å². The van der Waals surface area contributed by atoms with Gasteiger partial charge in [0.1, 0.15) is 5.25 Å². The van der Waals surface area contributed by atoms with Crippen molar-refractivity contribution in [2.75, 3.05) is 10.7 Å². The minimum Gasteiger partial charge on any atom is -0.325 e. The molecule has 3 aromatic rings. The van der Waals surface area contributed by atoms with Crippen LogP contribution in [-0.4, -0.2) is 31.6 Å². The Hall–Kier alpha value is -2.80. The van der Waals surface area contributed by atoms with E-state index in [1.807, 2.05) is 47.1 Å². The number of nitrogens with zero attached hydrogens (tertiary/aromatic N) is 3. The molecule has 2 N–H and O–H groups in total. The van der Waals surface area contributed by atoms with Crippen LogP contribution in [0.4, 0.5) is 5.69 Å². The zero-order valence-corrected chi connectivity index (χ0v) is 18.5. The summed E-state index contributed by atoms with van der Waals surface area (Å²) in [4.78, 5) is 13.5. The lowest BCUT2D eigenvalue weighted by molar-refractivity contribution is -0.117. The summed E-state index contributed by atoms with van der Waals surface area (Å²) in [7, 11) is 0. The summed E-state index contributed by atoms with van der Waals surface area (Å²) in [5.74, 6) is 0.821. The van der Waals surface area contributed by atoms with Crippen LogP contribution in [0, 0.1) is 0 Å². The summed E-state index contributed by atoms with van der Waals surface area (Å²) in [5, 5.41) is 12.5. The maximum Gasteiger partial charge on any atom is 0.240 e. The Bertz CT molecular complexity index is 1060. The average Bonchev–Trinajstić information content (AvgIpc) is 3.22. The van der Waals surface area contributed by atoms with Gasteiger partial charge in [-0.2, -0.15) is 0 Å². The number of nitrogens with one attached hydrogen (secondary N) is 2. The van der Waals surface area contributed by atoms with E-state index < -0.39 is 0 Å². The van der Waals surface area contributed by atoms with E-state index in [2.05, 4.69) is 40.0 Å². The molecule has 0 bridgehead atoms. The van der Waals surface area contributed by atoms with Crippen LogP contribution in [-0.2, 0) is 11.2 Å². The summed E-state index contributed by atoms with van der Waals surface area (Å²) in [6.45, 7) is 2.13. The molecule has 1 aromatic heterocycles. The van der Waals surface area contributed by atoms with E-state index >= 15 is 0 Å². The maximum absolute atomic E-state index is 13.5. The van der Waals surface area contributed by atoms with Crippen molar-refractivity contribution >= 4 is 23.4 Å². The van der Waals surface area contributed by atoms with E-state index in [0.717, 1.165) is 54.3 Å². The zero-order valence-electron chi connectivity index (χ0n) is 17.7. The number of benzene rings is 2. The van der Waals surface area contributed by atoms with Crippen molar-refractivity contribution in [3.8, 4) is 11.4 Å². The SMILES string of the molecule is CCc1ccc(NC(=O)[C@@H]2Sc3nnc(-c4ccccc4)n3NC23CCCCC3)cc1. The number of amides is 1. The van der Waals surface area contributed by atoms with Crippen molar-refractivity contribution in [3.63, 3.8) is 0 Å². The molecule has 0 saturated heterocycles. The van der Waals surface area contributed by atoms with Gasteiger partial charge in [0, 0.05) is 11.3 Å². The first-order valence-electron chi connectivity index (χ1n) is 11.0. The number of thioether (sulfide) groups is 1. The Kier molecular flexibility index (Phi) is 5.44. The third kappa shape index (κ3) is 3.82. The molecule has 160 valence electrons. The van der Waals surface area contributed by atoms with Gasteiger partial charge in [0.25, 0.3) is 0 Å². The third-order valence-corrected chi connectivity index (χ3v) is 7.71. The number of carbonyl (C=O) groups is 1. The summed E-state index contributed by atoms with van der Waals surface area (Å²) < 4.78 is 1.99. The second kappa shape index (κ2) is 8.38. The van der Waals surface area contributed by atoms with Crippen molar-refractivity contribution in [3.05, 3.63) is 60.2 Å². The largest absolute Gasteiger partial charge is 0.325 e. The molecule has 7 heteroatoms. The van der Waals surface area contributed by atoms with Gasteiger partial charge in [-0.05, 0) is 37.0 Å². The second-order valence-corrected chi connectivity index (χ2v) is 9.45. The van der Waals surface area contributed by atoms with E-state index in [-0.39, 0.29) is 16.7 Å². The predicted molar refractivity (Wildman–Crippen MR) is 125 cm³/mol. The van der Waals surface area contributed by atoms with Gasteiger partial charge in [-0.3, -0.25) is 4.79 Å². The minimum atomic E-state index is -0.310. The molecule has 1 saturated carbocycles. The molecule has 0 unspecified atom stereocenters. The number of carbonyl (C=O) groups excluding carboxylic acids is 1. The van der Waals surface area contributed by atoms with Crippen molar-refractivity contribution in [1.29, 1.82) is 0 Å². The Morgan fingerprint density at radius 3 is 2.55 bits per heavy atom. The van der Waals surface area contributed by atoms with E-state index in [1.165, 1.54) is 23.7 Å². The van der Waals surface area contributed by atoms with Crippen LogP contribution in [0.1, 0.15) is 44.6 Å². The van der Waals surface area contributed by atoms with Crippen LogP contribution in [0.15, 0.2) is 59.8 Å². The highest BCUT2D eigenvalue weighted by molar-refractivity contribution is 8.00. The normalized spacial score (nSPS) is 19.5. The molecule has 1 atom stereocenters. The Labute approximate surface area is 186 Å². The van der Waals surface area contributed by atoms with E-state index in [0.29, 0.717) is 0 Å². The standard InChI is InChI=1S/C24H27N5OS/c1-2-17-11-13-19(14-12-17)25-22(30)20-24(15-7-4-8-16-24)28-29-21(26-27-23(29)31-20)18-9-5-3-6-10-18/h3,5-6,9-14,20,28H,2,4,7-8,15-16H2,1H3,(H,25,30)/t20-/m0/s1. The molecular weight excluding hydrogens is 406 g/mol. The zero-order chi connectivity index (χ0) is 21.3. The molecule has 1 fully saturated rings. The lowest BCUT2D eigenvalue weighted by Crippen LogP contribution is -2.59. The topological polar surface area (TPSA) is 71.8 Å². The van der Waals surface area contributed by atoms with Gasteiger partial charge in [-0.25, -0.2) is 4.68 Å². The highest BCUT2D eigenvalue weighted by atomic mass is 32.2. The van der Waals surface area contributed by atoms with Crippen LogP contribution in [0.2, 0.25) is 0 Å². The molecule has 2 aromatic carbocycles. The second-order valence-electron chi connectivity index (χ2n) is 8.37. The smallest absolute Gasteiger partial charge is 0.240 e. The van der Waals surface area contributed by atoms with Crippen molar-refractivity contribution in [2.24, 2.45) is 0 Å². The quantitative estimate of drug-likeness (QED) is 0.614. The van der Waals surface area contributed by atoms with Crippen molar-refractivity contribution in [2.45, 2.75) is 61.4 Å². The van der Waals surface area contributed by atoms with E-state index in [4.69, 9.17) is 0 Å². The molecule has 1 aliphatic heterocycles. The molecule has 1 amide bonds. The molecule has 1 spiro atoms. The fourth-order valence-electron chi connectivity index (χ4n) is 4.61. The minimum absolute atomic E-state index is 0.0270. The first-order chi connectivity index (χ1) is 15.2. The number of hydrogen-bond acceptors (Lipinski definition) is 5. The predicted octanol–water partition coefficient (Wildman–Crippen LogP) is 4.87. The lowest BCUT2D eigenvalue weighted by atomic mass is 9.79. The van der Waals surface area contributed by atoms with Crippen molar-refractivity contribution in [1.82, 2.24) is 14.9 Å². The van der Waals surface area contributed by atoms with Gasteiger partial charge in [-0.15, -0.1) is 10.2 Å². The summed E-state index contributed by atoms with van der Waals surface area (Å²) in [5.41, 5.74) is 6.51. The van der Waals surface area contributed by atoms with Gasteiger partial charge in [-0.1, -0.05) is 80.4 Å². The Morgan fingerprint density at radius 1 is 1.10 bits per heavy atom. The van der Waals surface area contributed by atoms with Crippen molar-refractivity contribution < 1.29 is 4.79 Å². The van der Waals surface area contributed by atoms with Crippen LogP contribution in [0.25, 0.3) is 11.4 Å². The van der Waals surface area contributed by atoms with Gasteiger partial charge >= 0.3 is 0 Å². The highest BCUT2D eigenvalue weighted by Gasteiger charge is 2.49. The number of anilines is 1. The summed E-state index contributed by atoms with van der Waals surface area (Å²) in [6.07, 6.45) is 6.33. The monoisotopic (exact) mass is 433 g/mol. The maximum atomic E-state index is 13.5. The molecule has 5 rings (SSSR count). The summed E-state index contributed by atoms with van der Waals surface area (Å²) in [6, 6.07) is 18.2. The molecule has 6 nitrogen and oxygen atoms in total. The van der Waals surface area contributed by atoms with Gasteiger partial charge in [0.2, 0.25) is 11.1 Å². The number of aromatic nitrogens is 3. The molecule has 1 aliphatic carbocycles. The Morgan fingerprint density at radius 2 is 1.84 bits per heavy atom. The van der Waals surface area contributed by atoms with Crippen LogP contribution in [0.3, 0.4) is 0 Å². The van der Waals surface area contributed by atoms with Crippen LogP contribution >= 0.6 is 11.8 Å². The van der Waals surface area contributed by atoms with Gasteiger partial charge < -0.3 is 10.7 Å². The fraction of sp³-hybridized carbons (Fsp3) is 0.375. The lowest BCUT2D eigenvalue weighted by Gasteiger charge is -2.46. The molecule has 31 heavy (non-hydrogen) atoms. The van der Waals surface area contributed by atoms with Gasteiger partial charge in [0.15, 0.2) is 5.82 Å². The molecule has 0 radical (unpaired) electrons. The first-order valence-corrected chi connectivity index (χ1v) is 11.9. The Balaban J connectivity index is 1.46.